The quantitative estimate of drug-likeness (QED) is 0.346. The van der Waals surface area contributed by atoms with E-state index in [1.54, 1.807) is 24.3 Å². The number of benzene rings is 2. The summed E-state index contributed by atoms with van der Waals surface area (Å²) < 4.78 is 10.2. The van der Waals surface area contributed by atoms with Crippen molar-refractivity contribution in [2.75, 3.05) is 23.8 Å². The number of anilines is 2. The predicted octanol–water partition coefficient (Wildman–Crippen LogP) is 2.89. The van der Waals surface area contributed by atoms with Gasteiger partial charge in [0.25, 0.3) is 11.6 Å². The van der Waals surface area contributed by atoms with Gasteiger partial charge >= 0.3 is 5.97 Å². The maximum absolute atomic E-state index is 11.8. The lowest BCUT2D eigenvalue weighted by molar-refractivity contribution is -0.384. The molecular weight excluding hydrogens is 394 g/mol. The van der Waals surface area contributed by atoms with Gasteiger partial charge in [-0.05, 0) is 43.3 Å². The lowest BCUT2D eigenvalue weighted by Gasteiger charge is -2.08. The summed E-state index contributed by atoms with van der Waals surface area (Å²) in [6.45, 7) is 1.92. The first-order valence-electron chi connectivity index (χ1n) is 9.10. The lowest BCUT2D eigenvalue weighted by atomic mass is 10.2. The fourth-order valence-electron chi connectivity index (χ4n) is 2.32. The number of esters is 1. The molecule has 10 heteroatoms. The van der Waals surface area contributed by atoms with Gasteiger partial charge in [-0.3, -0.25) is 24.5 Å². The summed E-state index contributed by atoms with van der Waals surface area (Å²) in [4.78, 5) is 45.4. The van der Waals surface area contributed by atoms with E-state index in [-0.39, 0.29) is 18.5 Å². The molecule has 0 aliphatic rings. The molecule has 0 heterocycles. The molecule has 2 aromatic rings. The second-order valence-corrected chi connectivity index (χ2v) is 6.02. The number of carbonyl (C=O) groups is 3. The van der Waals surface area contributed by atoms with Crippen molar-refractivity contribution in [3.63, 3.8) is 0 Å². The minimum absolute atomic E-state index is 0.0971. The van der Waals surface area contributed by atoms with Crippen molar-refractivity contribution in [2.45, 2.75) is 19.8 Å². The molecule has 0 aliphatic heterocycles. The number of hydrogen-bond acceptors (Lipinski definition) is 7. The highest BCUT2D eigenvalue weighted by molar-refractivity contribution is 5.94. The number of hydrogen-bond donors (Lipinski definition) is 2. The molecule has 0 atom stereocenters. The number of nitrogens with one attached hydrogen (secondary N) is 2. The molecule has 0 radical (unpaired) electrons. The Labute approximate surface area is 172 Å². The number of nitro benzene ring substituents is 1. The molecule has 0 aliphatic carbocycles. The van der Waals surface area contributed by atoms with Crippen LogP contribution in [0.2, 0.25) is 0 Å². The zero-order chi connectivity index (χ0) is 21.9. The first kappa shape index (κ1) is 22.3. The molecule has 158 valence electrons. The lowest BCUT2D eigenvalue weighted by Crippen LogP contribution is -2.21. The number of non-ortho nitro benzene ring substituents is 1. The van der Waals surface area contributed by atoms with E-state index in [4.69, 9.17) is 9.47 Å². The minimum Gasteiger partial charge on any atom is -0.494 e. The van der Waals surface area contributed by atoms with Crippen LogP contribution in [0.4, 0.5) is 17.1 Å². The van der Waals surface area contributed by atoms with Crippen LogP contribution in [0.1, 0.15) is 19.8 Å². The first-order valence-corrected chi connectivity index (χ1v) is 9.10. The molecule has 30 heavy (non-hydrogen) atoms. The fraction of sp³-hybridized carbons (Fsp3) is 0.250. The molecule has 10 nitrogen and oxygen atoms in total. The summed E-state index contributed by atoms with van der Waals surface area (Å²) in [6, 6.07) is 12.0. The predicted molar refractivity (Wildman–Crippen MR) is 108 cm³/mol. The van der Waals surface area contributed by atoms with Crippen LogP contribution in [0.5, 0.6) is 5.75 Å². The monoisotopic (exact) mass is 415 g/mol. The molecule has 2 aromatic carbocycles. The topological polar surface area (TPSA) is 137 Å². The van der Waals surface area contributed by atoms with Gasteiger partial charge in [0.1, 0.15) is 5.75 Å². The average Bonchev–Trinajstić information content (AvgIpc) is 2.73. The van der Waals surface area contributed by atoms with E-state index < -0.39 is 29.3 Å². The van der Waals surface area contributed by atoms with Crippen molar-refractivity contribution in [1.29, 1.82) is 0 Å². The molecule has 0 fully saturated rings. The third-order valence-electron chi connectivity index (χ3n) is 3.73. The van der Waals surface area contributed by atoms with Gasteiger partial charge in [0, 0.05) is 29.9 Å². The van der Waals surface area contributed by atoms with E-state index in [0.717, 1.165) is 0 Å². The van der Waals surface area contributed by atoms with E-state index in [0.29, 0.717) is 23.7 Å². The zero-order valence-electron chi connectivity index (χ0n) is 16.3. The van der Waals surface area contributed by atoms with Gasteiger partial charge in [-0.2, -0.15) is 0 Å². The Bertz CT molecular complexity index is 896. The number of ether oxygens (including phenoxy) is 2. The Morgan fingerprint density at radius 2 is 1.47 bits per heavy atom. The van der Waals surface area contributed by atoms with Gasteiger partial charge in [0.15, 0.2) is 6.61 Å². The maximum Gasteiger partial charge on any atom is 0.306 e. The summed E-state index contributed by atoms with van der Waals surface area (Å²) in [5, 5.41) is 15.7. The average molecular weight is 415 g/mol. The van der Waals surface area contributed by atoms with Crippen LogP contribution >= 0.6 is 0 Å². The Kier molecular flexibility index (Phi) is 8.30. The molecule has 0 saturated carbocycles. The van der Waals surface area contributed by atoms with Crippen molar-refractivity contribution in [3.8, 4) is 5.75 Å². The summed E-state index contributed by atoms with van der Waals surface area (Å²) in [5.74, 6) is -0.993. The Morgan fingerprint density at radius 1 is 0.900 bits per heavy atom. The smallest absolute Gasteiger partial charge is 0.306 e. The second kappa shape index (κ2) is 11.1. The summed E-state index contributed by atoms with van der Waals surface area (Å²) in [7, 11) is 0. The number of carbonyl (C=O) groups excluding carboxylic acids is 3. The standard InChI is InChI=1S/C20H21N3O7/c1-2-29-17-9-5-15(6-10-17)22-19(25)13-30-20(26)12-11-18(24)21-14-3-7-16(8-4-14)23(27)28/h3-10H,2,11-13H2,1H3,(H,21,24)(H,22,25). The highest BCUT2D eigenvalue weighted by Crippen LogP contribution is 2.16. The largest absolute Gasteiger partial charge is 0.494 e. The van der Waals surface area contributed by atoms with Gasteiger partial charge in [-0.25, -0.2) is 0 Å². The third kappa shape index (κ3) is 7.58. The second-order valence-electron chi connectivity index (χ2n) is 6.02. The van der Waals surface area contributed by atoms with Crippen LogP contribution < -0.4 is 15.4 Å². The molecule has 0 saturated heterocycles. The van der Waals surface area contributed by atoms with Crippen molar-refractivity contribution in [1.82, 2.24) is 0 Å². The molecule has 0 bridgehead atoms. The minimum atomic E-state index is -0.698. The molecule has 2 amide bonds. The van der Waals surface area contributed by atoms with E-state index in [1.165, 1.54) is 24.3 Å². The number of rotatable bonds is 10. The molecular formula is C20H21N3O7. The van der Waals surface area contributed by atoms with E-state index >= 15 is 0 Å². The van der Waals surface area contributed by atoms with Gasteiger partial charge < -0.3 is 20.1 Å². The van der Waals surface area contributed by atoms with Gasteiger partial charge in [-0.15, -0.1) is 0 Å². The number of nitro groups is 1. The molecule has 0 aromatic heterocycles. The van der Waals surface area contributed by atoms with Crippen LogP contribution in [0.25, 0.3) is 0 Å². The SMILES string of the molecule is CCOc1ccc(NC(=O)COC(=O)CCC(=O)Nc2ccc([N+](=O)[O-])cc2)cc1. The van der Waals surface area contributed by atoms with Crippen molar-refractivity contribution in [2.24, 2.45) is 0 Å². The Morgan fingerprint density at radius 3 is 2.03 bits per heavy atom. The normalized spacial score (nSPS) is 10.0. The molecule has 0 spiro atoms. The van der Waals surface area contributed by atoms with E-state index in [9.17, 15) is 24.5 Å². The van der Waals surface area contributed by atoms with Crippen LogP contribution in [-0.4, -0.2) is 35.9 Å². The van der Waals surface area contributed by atoms with Gasteiger partial charge in [-0.1, -0.05) is 0 Å². The van der Waals surface area contributed by atoms with Gasteiger partial charge in [0.2, 0.25) is 5.91 Å². The van der Waals surface area contributed by atoms with E-state index in [2.05, 4.69) is 10.6 Å². The molecule has 2 rings (SSSR count). The molecule has 0 unspecified atom stereocenters. The summed E-state index contributed by atoms with van der Waals surface area (Å²) >= 11 is 0. The van der Waals surface area contributed by atoms with Crippen molar-refractivity contribution < 1.29 is 28.8 Å². The van der Waals surface area contributed by atoms with E-state index in [1.807, 2.05) is 6.92 Å². The third-order valence-corrected chi connectivity index (χ3v) is 3.73. The fourth-order valence-corrected chi connectivity index (χ4v) is 2.32. The highest BCUT2D eigenvalue weighted by atomic mass is 16.6. The van der Waals surface area contributed by atoms with Crippen LogP contribution in [0, 0.1) is 10.1 Å². The van der Waals surface area contributed by atoms with Crippen LogP contribution in [0.3, 0.4) is 0 Å². The number of nitrogens with zero attached hydrogens (tertiary/aromatic N) is 1. The van der Waals surface area contributed by atoms with Gasteiger partial charge in [0.05, 0.1) is 18.0 Å². The zero-order valence-corrected chi connectivity index (χ0v) is 16.3. The van der Waals surface area contributed by atoms with Crippen LogP contribution in [-0.2, 0) is 19.1 Å². The Hall–Kier alpha value is -3.95. The highest BCUT2D eigenvalue weighted by Gasteiger charge is 2.12. The summed E-state index contributed by atoms with van der Waals surface area (Å²) in [6.07, 6.45) is -0.370. The first-order chi connectivity index (χ1) is 14.4. The van der Waals surface area contributed by atoms with Crippen LogP contribution in [0.15, 0.2) is 48.5 Å². The Balaban J connectivity index is 1.67. The van der Waals surface area contributed by atoms with Crippen molar-refractivity contribution in [3.05, 3.63) is 58.6 Å². The van der Waals surface area contributed by atoms with Crippen molar-refractivity contribution >= 4 is 34.8 Å². The number of amides is 2. The maximum atomic E-state index is 11.8. The summed E-state index contributed by atoms with van der Waals surface area (Å²) in [5.41, 5.74) is 0.802. The molecule has 2 N–H and O–H groups in total.